The fraction of sp³-hybridized carbons (Fsp3) is 0.818. The Hall–Kier alpha value is -1.06. The van der Waals surface area contributed by atoms with E-state index in [4.69, 9.17) is 5.11 Å². The molecule has 0 radical (unpaired) electrons. The zero-order valence-corrected chi connectivity index (χ0v) is 9.40. The first-order chi connectivity index (χ1) is 7.06. The summed E-state index contributed by atoms with van der Waals surface area (Å²) in [6, 6.07) is 0. The number of carboxylic acids is 1. The van der Waals surface area contributed by atoms with E-state index in [0.717, 1.165) is 12.8 Å². The van der Waals surface area contributed by atoms with Gasteiger partial charge in [0.1, 0.15) is 0 Å². The van der Waals surface area contributed by atoms with Crippen LogP contribution in [0.4, 0.5) is 0 Å². The highest BCUT2D eigenvalue weighted by molar-refractivity contribution is 5.79. The van der Waals surface area contributed by atoms with Gasteiger partial charge in [-0.05, 0) is 19.3 Å². The first-order valence-corrected chi connectivity index (χ1v) is 5.57. The lowest BCUT2D eigenvalue weighted by atomic mass is 9.96. The van der Waals surface area contributed by atoms with Gasteiger partial charge >= 0.3 is 5.97 Å². The van der Waals surface area contributed by atoms with E-state index >= 15 is 0 Å². The molecule has 1 aliphatic heterocycles. The normalized spacial score (nSPS) is 23.6. The minimum atomic E-state index is -0.781. The second-order valence-electron chi connectivity index (χ2n) is 4.27. The summed E-state index contributed by atoms with van der Waals surface area (Å²) in [5.41, 5.74) is 0. The van der Waals surface area contributed by atoms with Crippen LogP contribution in [0.15, 0.2) is 0 Å². The van der Waals surface area contributed by atoms with Crippen LogP contribution in [0, 0.1) is 11.8 Å². The summed E-state index contributed by atoms with van der Waals surface area (Å²) >= 11 is 0. The van der Waals surface area contributed by atoms with Crippen LogP contribution in [-0.2, 0) is 9.59 Å². The van der Waals surface area contributed by atoms with Crippen LogP contribution in [0.5, 0.6) is 0 Å². The second kappa shape index (κ2) is 5.14. The van der Waals surface area contributed by atoms with Crippen molar-refractivity contribution < 1.29 is 14.7 Å². The largest absolute Gasteiger partial charge is 0.481 e. The molecule has 0 aromatic carbocycles. The molecule has 2 atom stereocenters. The van der Waals surface area contributed by atoms with Crippen molar-refractivity contribution >= 4 is 11.9 Å². The van der Waals surface area contributed by atoms with Crippen molar-refractivity contribution in [3.8, 4) is 0 Å². The molecule has 4 nitrogen and oxygen atoms in total. The Morgan fingerprint density at radius 1 is 1.53 bits per heavy atom. The summed E-state index contributed by atoms with van der Waals surface area (Å²) in [4.78, 5) is 24.4. The number of hydrogen-bond acceptors (Lipinski definition) is 2. The van der Waals surface area contributed by atoms with Crippen LogP contribution in [0.25, 0.3) is 0 Å². The predicted molar refractivity (Wildman–Crippen MR) is 56.4 cm³/mol. The third-order valence-electron chi connectivity index (χ3n) is 3.12. The molecule has 1 rings (SSSR count). The van der Waals surface area contributed by atoms with Gasteiger partial charge in [0.2, 0.25) is 5.91 Å². The van der Waals surface area contributed by atoms with Gasteiger partial charge in [-0.3, -0.25) is 9.59 Å². The van der Waals surface area contributed by atoms with Crippen molar-refractivity contribution in [1.82, 2.24) is 4.90 Å². The third kappa shape index (κ3) is 2.94. The quantitative estimate of drug-likeness (QED) is 0.770. The average Bonchev–Trinajstić information content (AvgIpc) is 2.27. The lowest BCUT2D eigenvalue weighted by Gasteiger charge is -2.32. The molecule has 0 unspecified atom stereocenters. The topological polar surface area (TPSA) is 57.6 Å². The van der Waals surface area contributed by atoms with Gasteiger partial charge in [-0.2, -0.15) is 0 Å². The molecule has 0 aromatic heterocycles. The molecule has 0 spiro atoms. The smallest absolute Gasteiger partial charge is 0.308 e. The summed E-state index contributed by atoms with van der Waals surface area (Å²) in [6.45, 7) is 4.97. The molecule has 1 amide bonds. The number of amides is 1. The number of carboxylic acid groups (broad SMARTS) is 1. The molecule has 15 heavy (non-hydrogen) atoms. The molecule has 1 heterocycles. The zero-order valence-electron chi connectivity index (χ0n) is 9.40. The number of aliphatic carboxylic acids is 1. The van der Waals surface area contributed by atoms with E-state index < -0.39 is 5.97 Å². The van der Waals surface area contributed by atoms with Crippen LogP contribution < -0.4 is 0 Å². The predicted octanol–water partition coefficient (Wildman–Crippen LogP) is 1.36. The van der Waals surface area contributed by atoms with Gasteiger partial charge in [-0.15, -0.1) is 0 Å². The van der Waals surface area contributed by atoms with Gasteiger partial charge in [0.15, 0.2) is 0 Å². The fourth-order valence-electron chi connectivity index (χ4n) is 1.87. The first kappa shape index (κ1) is 12.0. The maximum absolute atomic E-state index is 11.8. The molecule has 1 aliphatic rings. The minimum Gasteiger partial charge on any atom is -0.481 e. The van der Waals surface area contributed by atoms with Crippen molar-refractivity contribution in [2.45, 2.75) is 33.1 Å². The molecular formula is C11H19NO3. The Labute approximate surface area is 90.3 Å². The van der Waals surface area contributed by atoms with Gasteiger partial charge in [0, 0.05) is 19.0 Å². The number of rotatable bonds is 3. The molecule has 4 heteroatoms. The molecule has 0 saturated carbocycles. The first-order valence-electron chi connectivity index (χ1n) is 5.57. The standard InChI is InChI=1S/C11H19NO3/c1-3-8(2)10(13)12-6-4-5-9(7-12)11(14)15/h8-9H,3-7H2,1-2H3,(H,14,15)/t8-,9-/m1/s1. The maximum Gasteiger partial charge on any atom is 0.308 e. The Morgan fingerprint density at radius 2 is 2.20 bits per heavy atom. The third-order valence-corrected chi connectivity index (χ3v) is 3.12. The highest BCUT2D eigenvalue weighted by atomic mass is 16.4. The minimum absolute atomic E-state index is 0.0116. The van der Waals surface area contributed by atoms with Crippen LogP contribution >= 0.6 is 0 Å². The number of carbonyl (C=O) groups is 2. The van der Waals surface area contributed by atoms with Crippen molar-refractivity contribution in [1.29, 1.82) is 0 Å². The monoisotopic (exact) mass is 213 g/mol. The molecule has 0 aliphatic carbocycles. The molecule has 1 fully saturated rings. The molecule has 1 saturated heterocycles. The van der Waals surface area contributed by atoms with Gasteiger partial charge in [0.25, 0.3) is 0 Å². The summed E-state index contributed by atoms with van der Waals surface area (Å²) in [5.74, 6) is -1.04. The Balaban J connectivity index is 2.56. The summed E-state index contributed by atoms with van der Waals surface area (Å²) in [7, 11) is 0. The number of piperidine rings is 1. The van der Waals surface area contributed by atoms with E-state index in [1.54, 1.807) is 4.90 Å². The maximum atomic E-state index is 11.8. The van der Waals surface area contributed by atoms with Crippen LogP contribution in [0.2, 0.25) is 0 Å². The fourth-order valence-corrected chi connectivity index (χ4v) is 1.87. The number of likely N-dealkylation sites (tertiary alicyclic amines) is 1. The van der Waals surface area contributed by atoms with E-state index in [9.17, 15) is 9.59 Å². The molecule has 0 aromatic rings. The van der Waals surface area contributed by atoms with Gasteiger partial charge < -0.3 is 10.0 Å². The van der Waals surface area contributed by atoms with Crippen molar-refractivity contribution in [3.63, 3.8) is 0 Å². The molecule has 86 valence electrons. The zero-order chi connectivity index (χ0) is 11.4. The van der Waals surface area contributed by atoms with Gasteiger partial charge in [-0.1, -0.05) is 13.8 Å². The van der Waals surface area contributed by atoms with E-state index in [1.165, 1.54) is 0 Å². The molecular weight excluding hydrogens is 194 g/mol. The Kier molecular flexibility index (Phi) is 4.12. The average molecular weight is 213 g/mol. The number of hydrogen-bond donors (Lipinski definition) is 1. The second-order valence-corrected chi connectivity index (χ2v) is 4.27. The van der Waals surface area contributed by atoms with Crippen molar-refractivity contribution in [2.24, 2.45) is 11.8 Å². The summed E-state index contributed by atoms with van der Waals surface area (Å²) in [5, 5.41) is 8.90. The molecule has 1 N–H and O–H groups in total. The van der Waals surface area contributed by atoms with E-state index in [-0.39, 0.29) is 17.7 Å². The summed E-state index contributed by atoms with van der Waals surface area (Å²) in [6.07, 6.45) is 2.31. The van der Waals surface area contributed by atoms with E-state index in [1.807, 2.05) is 13.8 Å². The van der Waals surface area contributed by atoms with Crippen molar-refractivity contribution in [2.75, 3.05) is 13.1 Å². The highest BCUT2D eigenvalue weighted by Gasteiger charge is 2.29. The van der Waals surface area contributed by atoms with Crippen LogP contribution in [0.3, 0.4) is 0 Å². The van der Waals surface area contributed by atoms with Gasteiger partial charge in [0.05, 0.1) is 5.92 Å². The Bertz CT molecular complexity index is 252. The van der Waals surface area contributed by atoms with E-state index in [0.29, 0.717) is 19.5 Å². The van der Waals surface area contributed by atoms with Gasteiger partial charge in [-0.25, -0.2) is 0 Å². The Morgan fingerprint density at radius 3 is 2.73 bits per heavy atom. The molecule has 0 bridgehead atoms. The SMILES string of the molecule is CC[C@@H](C)C(=O)N1CCC[C@@H](C(=O)O)C1. The highest BCUT2D eigenvalue weighted by Crippen LogP contribution is 2.19. The summed E-state index contributed by atoms with van der Waals surface area (Å²) < 4.78 is 0. The lowest BCUT2D eigenvalue weighted by Crippen LogP contribution is -2.44. The van der Waals surface area contributed by atoms with E-state index in [2.05, 4.69) is 0 Å². The number of nitrogens with zero attached hydrogens (tertiary/aromatic N) is 1. The van der Waals surface area contributed by atoms with Crippen molar-refractivity contribution in [3.05, 3.63) is 0 Å². The van der Waals surface area contributed by atoms with Crippen LogP contribution in [0.1, 0.15) is 33.1 Å². The lowest BCUT2D eigenvalue weighted by molar-refractivity contribution is -0.146. The number of carbonyl (C=O) groups excluding carboxylic acids is 1. The van der Waals surface area contributed by atoms with Crippen LogP contribution in [-0.4, -0.2) is 35.0 Å².